The van der Waals surface area contributed by atoms with Crippen LogP contribution in [0.3, 0.4) is 0 Å². The molecule has 0 saturated carbocycles. The highest BCUT2D eigenvalue weighted by atomic mass is 79.9. The van der Waals surface area contributed by atoms with E-state index in [1.54, 1.807) is 0 Å². The summed E-state index contributed by atoms with van der Waals surface area (Å²) in [5.74, 6) is 0. The average molecular weight is 171 g/mol. The van der Waals surface area contributed by atoms with Crippen molar-refractivity contribution in [3.8, 4) is 0 Å². The molecule has 0 aromatic heterocycles. The molecule has 0 heterocycles. The molecule has 0 aliphatic rings. The van der Waals surface area contributed by atoms with Crippen molar-refractivity contribution in [3.05, 3.63) is 22.1 Å². The van der Waals surface area contributed by atoms with Crippen LogP contribution in [0, 0.1) is 0 Å². The molecule has 0 aliphatic heterocycles. The van der Waals surface area contributed by atoms with Gasteiger partial charge < -0.3 is 0 Å². The van der Waals surface area contributed by atoms with Gasteiger partial charge in [0.05, 0.1) is 0 Å². The van der Waals surface area contributed by atoms with Gasteiger partial charge in [0.1, 0.15) is 7.85 Å². The summed E-state index contributed by atoms with van der Waals surface area (Å²) in [7, 11) is 5.47. The van der Waals surface area contributed by atoms with Crippen LogP contribution in [0.2, 0.25) is 0 Å². The summed E-state index contributed by atoms with van der Waals surface area (Å²) in [4.78, 5) is 0. The summed E-state index contributed by atoms with van der Waals surface area (Å²) in [6.07, 6.45) is 3.75. The minimum atomic E-state index is 0.785. The number of rotatable bonds is 1. The number of hydrogen-bond donors (Lipinski definition) is 0. The molecule has 0 aromatic carbocycles. The second-order valence-electron chi connectivity index (χ2n) is 1.49. The predicted molar refractivity (Wildman–Crippen MR) is 42.2 cm³/mol. The number of hydrogen-bond acceptors (Lipinski definition) is 0. The fourth-order valence-electron chi connectivity index (χ4n) is 0.294. The molecule has 0 saturated heterocycles. The van der Waals surface area contributed by atoms with Crippen LogP contribution in [0.25, 0.3) is 0 Å². The van der Waals surface area contributed by atoms with Gasteiger partial charge in [0.15, 0.2) is 0 Å². The Balaban J connectivity index is 4.00. The Kier molecular flexibility index (Phi) is 3.97. The average Bonchev–Trinajstić information content (AvgIpc) is 1.67. The van der Waals surface area contributed by atoms with Crippen LogP contribution in [-0.4, -0.2) is 7.85 Å². The molecule has 2 radical (unpaired) electrons. The summed E-state index contributed by atoms with van der Waals surface area (Å²) >= 11 is 3.24. The lowest BCUT2D eigenvalue weighted by Gasteiger charge is -1.90. The molecular weight excluding hydrogens is 163 g/mol. The van der Waals surface area contributed by atoms with Gasteiger partial charge in [0.25, 0.3) is 0 Å². The fourth-order valence-corrected chi connectivity index (χ4v) is 0.427. The van der Waals surface area contributed by atoms with Crippen LogP contribution in [-0.2, 0) is 0 Å². The maximum atomic E-state index is 5.47. The smallest absolute Gasteiger partial charge is 0.0882 e. The quantitative estimate of drug-likeness (QED) is 0.419. The molecule has 0 bridgehead atoms. The van der Waals surface area contributed by atoms with E-state index in [0.717, 1.165) is 9.95 Å². The third-order valence-electron chi connectivity index (χ3n) is 0.744. The SMILES string of the molecule is [B]C(/C=C\C)=C(/C)Br. The molecule has 0 fully saturated rings. The Labute approximate surface area is 60.2 Å². The molecule has 0 N–H and O–H groups in total. The standard InChI is InChI=1S/C6H8BBr/c1-3-4-6(7)5(2)8/h3-4H,1-2H3/b4-3-,6-5-. The molecule has 2 heteroatoms. The van der Waals surface area contributed by atoms with Crippen molar-refractivity contribution in [2.24, 2.45) is 0 Å². The summed E-state index contributed by atoms with van der Waals surface area (Å²) in [6, 6.07) is 0. The van der Waals surface area contributed by atoms with Crippen LogP contribution in [0.4, 0.5) is 0 Å². The monoisotopic (exact) mass is 170 g/mol. The molecule has 0 unspecified atom stereocenters. The second-order valence-corrected chi connectivity index (χ2v) is 2.68. The van der Waals surface area contributed by atoms with Gasteiger partial charge in [-0.3, -0.25) is 0 Å². The number of allylic oxidation sites excluding steroid dienone is 4. The summed E-state index contributed by atoms with van der Waals surface area (Å²) in [6.45, 7) is 3.85. The van der Waals surface area contributed by atoms with Crippen molar-refractivity contribution in [3.63, 3.8) is 0 Å². The van der Waals surface area contributed by atoms with Crippen molar-refractivity contribution in [2.45, 2.75) is 13.8 Å². The van der Waals surface area contributed by atoms with Crippen molar-refractivity contribution >= 4 is 23.8 Å². The summed E-state index contributed by atoms with van der Waals surface area (Å²) in [5, 5.41) is 0. The third kappa shape index (κ3) is 3.08. The zero-order chi connectivity index (χ0) is 6.57. The first-order valence-corrected chi connectivity index (χ1v) is 3.22. The normalized spacial score (nSPS) is 14.4. The van der Waals surface area contributed by atoms with E-state index in [1.165, 1.54) is 0 Å². The van der Waals surface area contributed by atoms with Gasteiger partial charge in [-0.25, -0.2) is 0 Å². The van der Waals surface area contributed by atoms with Crippen molar-refractivity contribution in [1.29, 1.82) is 0 Å². The topological polar surface area (TPSA) is 0 Å². The van der Waals surface area contributed by atoms with Gasteiger partial charge in [-0.15, -0.1) is 0 Å². The first-order valence-electron chi connectivity index (χ1n) is 2.43. The van der Waals surface area contributed by atoms with E-state index < -0.39 is 0 Å². The van der Waals surface area contributed by atoms with Crippen molar-refractivity contribution in [1.82, 2.24) is 0 Å². The van der Waals surface area contributed by atoms with Crippen molar-refractivity contribution < 1.29 is 0 Å². The molecule has 0 rings (SSSR count). The van der Waals surface area contributed by atoms with Gasteiger partial charge in [0, 0.05) is 0 Å². The zero-order valence-electron chi connectivity index (χ0n) is 5.11. The van der Waals surface area contributed by atoms with Gasteiger partial charge in [-0.1, -0.05) is 33.6 Å². The molecule has 0 amide bonds. The van der Waals surface area contributed by atoms with E-state index in [9.17, 15) is 0 Å². The second kappa shape index (κ2) is 3.96. The molecule has 42 valence electrons. The molecule has 0 nitrogen and oxygen atoms in total. The Bertz CT molecular complexity index is 120. The molecule has 0 aliphatic carbocycles. The molecule has 8 heavy (non-hydrogen) atoms. The number of halogens is 1. The van der Waals surface area contributed by atoms with Gasteiger partial charge >= 0.3 is 0 Å². The molecular formula is C6H8BBr. The van der Waals surface area contributed by atoms with E-state index in [2.05, 4.69) is 15.9 Å². The highest BCUT2D eigenvalue weighted by Crippen LogP contribution is 2.07. The van der Waals surface area contributed by atoms with E-state index in [4.69, 9.17) is 7.85 Å². The van der Waals surface area contributed by atoms with Gasteiger partial charge in [-0.05, 0) is 18.3 Å². The molecule has 0 atom stereocenters. The lowest BCUT2D eigenvalue weighted by atomic mass is 9.95. The zero-order valence-corrected chi connectivity index (χ0v) is 6.70. The minimum absolute atomic E-state index is 0.785. The predicted octanol–water partition coefficient (Wildman–Crippen LogP) is 2.36. The molecule has 0 aromatic rings. The largest absolute Gasteiger partial charge is 0.114 e. The third-order valence-corrected chi connectivity index (χ3v) is 1.20. The van der Waals surface area contributed by atoms with E-state index in [1.807, 2.05) is 26.0 Å². The Hall–Kier alpha value is 0.0249. The highest BCUT2D eigenvalue weighted by molar-refractivity contribution is 9.11. The van der Waals surface area contributed by atoms with E-state index in [0.29, 0.717) is 0 Å². The van der Waals surface area contributed by atoms with Crippen LogP contribution < -0.4 is 0 Å². The highest BCUT2D eigenvalue weighted by Gasteiger charge is 1.82. The van der Waals surface area contributed by atoms with E-state index >= 15 is 0 Å². The summed E-state index contributed by atoms with van der Waals surface area (Å²) in [5.41, 5.74) is 0.785. The van der Waals surface area contributed by atoms with Crippen LogP contribution in [0.1, 0.15) is 13.8 Å². The fraction of sp³-hybridized carbons (Fsp3) is 0.333. The first-order chi connectivity index (χ1) is 3.68. The Morgan fingerprint density at radius 1 is 1.62 bits per heavy atom. The Morgan fingerprint density at radius 3 is 2.25 bits per heavy atom. The van der Waals surface area contributed by atoms with Crippen LogP contribution in [0.15, 0.2) is 22.1 Å². The van der Waals surface area contributed by atoms with Gasteiger partial charge in [-0.2, -0.15) is 0 Å². The lowest BCUT2D eigenvalue weighted by Crippen LogP contribution is -1.74. The van der Waals surface area contributed by atoms with Gasteiger partial charge in [0.2, 0.25) is 0 Å². The maximum absolute atomic E-state index is 5.47. The van der Waals surface area contributed by atoms with Crippen LogP contribution >= 0.6 is 15.9 Å². The molecule has 0 spiro atoms. The van der Waals surface area contributed by atoms with E-state index in [-0.39, 0.29) is 0 Å². The van der Waals surface area contributed by atoms with Crippen LogP contribution in [0.5, 0.6) is 0 Å². The minimum Gasteiger partial charge on any atom is -0.0882 e. The Morgan fingerprint density at radius 2 is 2.12 bits per heavy atom. The first kappa shape index (κ1) is 8.02. The van der Waals surface area contributed by atoms with Crippen molar-refractivity contribution in [2.75, 3.05) is 0 Å². The lowest BCUT2D eigenvalue weighted by molar-refractivity contribution is 1.63. The summed E-state index contributed by atoms with van der Waals surface area (Å²) < 4.78 is 0.982. The maximum Gasteiger partial charge on any atom is 0.114 e.